The number of nitrogens with zero attached hydrogens (tertiary/aromatic N) is 3. The summed E-state index contributed by atoms with van der Waals surface area (Å²) >= 11 is 0. The Labute approximate surface area is 95.2 Å². The van der Waals surface area contributed by atoms with Crippen LogP contribution in [-0.4, -0.2) is 27.8 Å². The van der Waals surface area contributed by atoms with E-state index in [9.17, 15) is 4.79 Å². The second-order valence-electron chi connectivity index (χ2n) is 4.14. The molecule has 0 unspecified atom stereocenters. The van der Waals surface area contributed by atoms with Crippen LogP contribution in [0.2, 0.25) is 0 Å². The van der Waals surface area contributed by atoms with Crippen LogP contribution >= 0.6 is 0 Å². The van der Waals surface area contributed by atoms with E-state index in [0.29, 0.717) is 0 Å². The van der Waals surface area contributed by atoms with Crippen molar-refractivity contribution in [3.8, 4) is 0 Å². The SMILES string of the molecule is C=C1c2c(C)c(=O)cnn2CCN1CCC. The largest absolute Gasteiger partial charge is 0.368 e. The van der Waals surface area contributed by atoms with Gasteiger partial charge in [-0.05, 0) is 13.3 Å². The van der Waals surface area contributed by atoms with Crippen LogP contribution in [0, 0.1) is 6.92 Å². The molecule has 0 amide bonds. The summed E-state index contributed by atoms with van der Waals surface area (Å²) in [6.07, 6.45) is 2.48. The molecule has 0 aliphatic carbocycles. The van der Waals surface area contributed by atoms with Crippen molar-refractivity contribution in [1.29, 1.82) is 0 Å². The molecule has 0 atom stereocenters. The van der Waals surface area contributed by atoms with Gasteiger partial charge in [-0.25, -0.2) is 0 Å². The maximum absolute atomic E-state index is 11.6. The lowest BCUT2D eigenvalue weighted by atomic mass is 10.1. The van der Waals surface area contributed by atoms with Crippen LogP contribution in [0.3, 0.4) is 0 Å². The van der Waals surface area contributed by atoms with Crippen molar-refractivity contribution in [2.75, 3.05) is 13.1 Å². The van der Waals surface area contributed by atoms with Gasteiger partial charge in [0.25, 0.3) is 0 Å². The first-order chi connectivity index (χ1) is 7.65. The highest BCUT2D eigenvalue weighted by atomic mass is 16.1. The molecule has 4 heteroatoms. The van der Waals surface area contributed by atoms with Gasteiger partial charge in [-0.3, -0.25) is 9.48 Å². The zero-order valence-electron chi connectivity index (χ0n) is 9.86. The minimum Gasteiger partial charge on any atom is -0.368 e. The standard InChI is InChI=1S/C12H17N3O/c1-4-5-14-6-7-15-12(10(14)3)9(2)11(16)8-13-15/h8H,3-7H2,1-2H3. The van der Waals surface area contributed by atoms with Crippen molar-refractivity contribution in [2.24, 2.45) is 0 Å². The van der Waals surface area contributed by atoms with E-state index in [1.807, 2.05) is 11.6 Å². The van der Waals surface area contributed by atoms with Gasteiger partial charge in [0.1, 0.15) is 0 Å². The lowest BCUT2D eigenvalue weighted by molar-refractivity contribution is 0.333. The summed E-state index contributed by atoms with van der Waals surface area (Å²) < 4.78 is 1.88. The molecular formula is C12H17N3O. The summed E-state index contributed by atoms with van der Waals surface area (Å²) in [6, 6.07) is 0. The zero-order chi connectivity index (χ0) is 11.7. The van der Waals surface area contributed by atoms with Gasteiger partial charge < -0.3 is 4.90 Å². The Kier molecular flexibility index (Phi) is 2.81. The molecule has 16 heavy (non-hydrogen) atoms. The van der Waals surface area contributed by atoms with Gasteiger partial charge in [-0.2, -0.15) is 5.10 Å². The van der Waals surface area contributed by atoms with Gasteiger partial charge in [-0.15, -0.1) is 0 Å². The number of hydrogen-bond donors (Lipinski definition) is 0. The molecule has 1 aromatic heterocycles. The molecule has 4 nitrogen and oxygen atoms in total. The molecule has 2 heterocycles. The van der Waals surface area contributed by atoms with Crippen molar-refractivity contribution in [2.45, 2.75) is 26.8 Å². The summed E-state index contributed by atoms with van der Waals surface area (Å²) in [7, 11) is 0. The zero-order valence-corrected chi connectivity index (χ0v) is 9.86. The Bertz CT molecular complexity index is 476. The van der Waals surface area contributed by atoms with Crippen LogP contribution in [0.5, 0.6) is 0 Å². The van der Waals surface area contributed by atoms with Crippen molar-refractivity contribution in [3.05, 3.63) is 34.3 Å². The smallest absolute Gasteiger partial charge is 0.203 e. The second-order valence-corrected chi connectivity index (χ2v) is 4.14. The molecule has 0 spiro atoms. The second kappa shape index (κ2) is 4.12. The fourth-order valence-electron chi connectivity index (χ4n) is 2.14. The average Bonchev–Trinajstić information content (AvgIpc) is 2.27. The van der Waals surface area contributed by atoms with Crippen LogP contribution in [0.1, 0.15) is 24.6 Å². The number of fused-ring (bicyclic) bond motifs is 1. The Hall–Kier alpha value is -1.58. The lowest BCUT2D eigenvalue weighted by Gasteiger charge is -2.33. The third kappa shape index (κ3) is 1.64. The predicted molar refractivity (Wildman–Crippen MR) is 64.1 cm³/mol. The minimum atomic E-state index is -0.00857. The monoisotopic (exact) mass is 219 g/mol. The number of rotatable bonds is 2. The molecule has 0 aromatic carbocycles. The van der Waals surface area contributed by atoms with E-state index >= 15 is 0 Å². The van der Waals surface area contributed by atoms with Gasteiger partial charge in [0.15, 0.2) is 0 Å². The molecule has 0 N–H and O–H groups in total. The van der Waals surface area contributed by atoms with Gasteiger partial charge in [0, 0.05) is 18.7 Å². The highest BCUT2D eigenvalue weighted by molar-refractivity contribution is 5.62. The van der Waals surface area contributed by atoms with Gasteiger partial charge >= 0.3 is 0 Å². The van der Waals surface area contributed by atoms with Crippen molar-refractivity contribution >= 4 is 5.70 Å². The highest BCUT2D eigenvalue weighted by Gasteiger charge is 2.21. The average molecular weight is 219 g/mol. The Morgan fingerprint density at radius 2 is 2.25 bits per heavy atom. The Balaban J connectivity index is 2.47. The first-order valence-corrected chi connectivity index (χ1v) is 5.66. The molecule has 0 bridgehead atoms. The van der Waals surface area contributed by atoms with Crippen LogP contribution in [-0.2, 0) is 6.54 Å². The van der Waals surface area contributed by atoms with E-state index in [-0.39, 0.29) is 5.43 Å². The van der Waals surface area contributed by atoms with Gasteiger partial charge in [0.2, 0.25) is 5.43 Å². The Morgan fingerprint density at radius 1 is 1.50 bits per heavy atom. The fraction of sp³-hybridized carbons (Fsp3) is 0.500. The van der Waals surface area contributed by atoms with Crippen molar-refractivity contribution < 1.29 is 0 Å². The van der Waals surface area contributed by atoms with Crippen molar-refractivity contribution in [3.63, 3.8) is 0 Å². The van der Waals surface area contributed by atoms with Crippen LogP contribution in [0.4, 0.5) is 0 Å². The predicted octanol–water partition coefficient (Wildman–Crippen LogP) is 1.25. The lowest BCUT2D eigenvalue weighted by Crippen LogP contribution is -2.36. The maximum atomic E-state index is 11.6. The first-order valence-electron chi connectivity index (χ1n) is 5.66. The molecule has 0 radical (unpaired) electrons. The summed E-state index contributed by atoms with van der Waals surface area (Å²) in [4.78, 5) is 13.8. The third-order valence-electron chi connectivity index (χ3n) is 3.03. The van der Waals surface area contributed by atoms with Crippen LogP contribution in [0.25, 0.3) is 5.70 Å². The maximum Gasteiger partial charge on any atom is 0.203 e. The van der Waals surface area contributed by atoms with Crippen LogP contribution < -0.4 is 5.43 Å². The van der Waals surface area contributed by atoms with Gasteiger partial charge in [0.05, 0.1) is 24.1 Å². The van der Waals surface area contributed by atoms with Crippen molar-refractivity contribution in [1.82, 2.24) is 14.7 Å². The molecule has 2 rings (SSSR count). The summed E-state index contributed by atoms with van der Waals surface area (Å²) in [6.45, 7) is 10.8. The summed E-state index contributed by atoms with van der Waals surface area (Å²) in [5, 5.41) is 4.14. The molecule has 1 aliphatic rings. The van der Waals surface area contributed by atoms with Crippen LogP contribution in [0.15, 0.2) is 17.6 Å². The Morgan fingerprint density at radius 3 is 2.94 bits per heavy atom. The topological polar surface area (TPSA) is 38.1 Å². The van der Waals surface area contributed by atoms with E-state index in [1.54, 1.807) is 0 Å². The molecule has 86 valence electrons. The van der Waals surface area contributed by atoms with E-state index < -0.39 is 0 Å². The van der Waals surface area contributed by atoms with E-state index in [0.717, 1.165) is 43.0 Å². The summed E-state index contributed by atoms with van der Waals surface area (Å²) in [5.74, 6) is 0. The fourth-order valence-corrected chi connectivity index (χ4v) is 2.14. The number of hydrogen-bond acceptors (Lipinski definition) is 3. The number of aromatic nitrogens is 2. The molecule has 1 aromatic rings. The quantitative estimate of drug-likeness (QED) is 0.751. The molecule has 0 fully saturated rings. The van der Waals surface area contributed by atoms with E-state index in [2.05, 4.69) is 23.5 Å². The minimum absolute atomic E-state index is 0.00857. The molecular weight excluding hydrogens is 202 g/mol. The normalized spacial score (nSPS) is 15.1. The molecule has 1 aliphatic heterocycles. The molecule has 0 saturated heterocycles. The highest BCUT2D eigenvalue weighted by Crippen LogP contribution is 2.22. The molecule has 0 saturated carbocycles. The summed E-state index contributed by atoms with van der Waals surface area (Å²) in [5.41, 5.74) is 2.56. The van der Waals surface area contributed by atoms with E-state index in [1.165, 1.54) is 6.20 Å². The van der Waals surface area contributed by atoms with Gasteiger partial charge in [-0.1, -0.05) is 13.5 Å². The third-order valence-corrected chi connectivity index (χ3v) is 3.03. The van der Waals surface area contributed by atoms with E-state index in [4.69, 9.17) is 0 Å². The first kappa shape index (κ1) is 10.9.